The summed E-state index contributed by atoms with van der Waals surface area (Å²) in [7, 11) is 0. The molecule has 0 fully saturated rings. The minimum absolute atomic E-state index is 0.808. The molecule has 3 heteroatoms. The Kier molecular flexibility index (Phi) is 8.32. The van der Waals surface area contributed by atoms with Crippen LogP contribution in [0.2, 0.25) is 0 Å². The Labute approximate surface area is 336 Å². The Morgan fingerprint density at radius 2 is 0.982 bits per heavy atom. The fourth-order valence-corrected chi connectivity index (χ4v) is 9.36. The number of rotatable bonds is 10. The molecule has 0 radical (unpaired) electrons. The summed E-state index contributed by atoms with van der Waals surface area (Å²) in [5, 5.41) is 7.69. The molecular weight excluding hydrogens is 709 g/mol. The van der Waals surface area contributed by atoms with Crippen molar-refractivity contribution < 1.29 is 0 Å². The molecule has 0 aliphatic carbocycles. The third kappa shape index (κ3) is 5.80. The second kappa shape index (κ2) is 13.8. The number of fused-ring (bicyclic) bond motifs is 9. The van der Waals surface area contributed by atoms with Gasteiger partial charge in [-0.15, -0.1) is 11.3 Å². The fourth-order valence-electron chi connectivity index (χ4n) is 8.28. The lowest BCUT2D eigenvalue weighted by molar-refractivity contribution is 1.22. The molecule has 0 amide bonds. The lowest BCUT2D eigenvalue weighted by atomic mass is 9.99. The van der Waals surface area contributed by atoms with E-state index in [9.17, 15) is 0 Å². The standard InChI is InChI=1S/C54H38N2S/c1-5-6-13-35(2)36(3)20-21-37(4)55(42-27-22-38(23-28-42)40-26-31-53-47(32-40)46-16-9-12-19-52(46)57-53)43-29-24-39(25-30-43)41-33-48-44-14-7-10-17-50(44)56-51-18-11-8-15-45(51)49(34-41)54(48)56/h5-34H,1-4H2. The normalized spacial score (nSPS) is 12.0. The van der Waals surface area contributed by atoms with E-state index < -0.39 is 0 Å². The van der Waals surface area contributed by atoms with Gasteiger partial charge in [-0.1, -0.05) is 136 Å². The number of benzene rings is 7. The van der Waals surface area contributed by atoms with E-state index in [1.807, 2.05) is 35.6 Å². The predicted molar refractivity (Wildman–Crippen MR) is 249 cm³/mol. The van der Waals surface area contributed by atoms with Crippen LogP contribution in [0.4, 0.5) is 11.4 Å². The van der Waals surface area contributed by atoms with Crippen LogP contribution in [-0.2, 0) is 0 Å². The summed E-state index contributed by atoms with van der Waals surface area (Å²) >= 11 is 1.84. The number of aromatic nitrogens is 1. The molecule has 10 aromatic rings. The molecule has 10 rings (SSSR count). The highest BCUT2D eigenvalue weighted by atomic mass is 32.1. The summed E-state index contributed by atoms with van der Waals surface area (Å²) in [6.45, 7) is 16.8. The van der Waals surface area contributed by atoms with E-state index in [2.05, 4.69) is 187 Å². The molecule has 0 aliphatic rings. The minimum Gasteiger partial charge on any atom is -0.311 e. The van der Waals surface area contributed by atoms with Gasteiger partial charge < -0.3 is 9.30 Å². The van der Waals surface area contributed by atoms with E-state index in [1.54, 1.807) is 6.08 Å². The van der Waals surface area contributed by atoms with Gasteiger partial charge in [0.1, 0.15) is 0 Å². The van der Waals surface area contributed by atoms with Crippen LogP contribution < -0.4 is 4.90 Å². The number of nitrogens with zero attached hydrogens (tertiary/aromatic N) is 2. The highest BCUT2D eigenvalue weighted by Crippen LogP contribution is 2.43. The number of hydrogen-bond acceptors (Lipinski definition) is 2. The van der Waals surface area contributed by atoms with Crippen molar-refractivity contribution in [3.8, 4) is 22.3 Å². The SMILES string of the molecule is C=CC=CC(=C)C(=C)C=CC(=C)N(c1ccc(-c2ccc3sc4ccccc4c3c2)cc1)c1ccc(-c2cc3c4ccccc4n4c5ccccc5c(c2)c34)cc1. The molecule has 2 nitrogen and oxygen atoms in total. The maximum atomic E-state index is 4.56. The zero-order valence-corrected chi connectivity index (χ0v) is 32.3. The molecule has 0 N–H and O–H groups in total. The Morgan fingerprint density at radius 1 is 0.474 bits per heavy atom. The number of hydrogen-bond donors (Lipinski definition) is 0. The summed E-state index contributed by atoms with van der Waals surface area (Å²) < 4.78 is 5.04. The van der Waals surface area contributed by atoms with Crippen LogP contribution in [0.25, 0.3) is 80.5 Å². The van der Waals surface area contributed by atoms with Crippen molar-refractivity contribution >= 4 is 81.0 Å². The van der Waals surface area contributed by atoms with Gasteiger partial charge in [0, 0.05) is 58.8 Å². The van der Waals surface area contributed by atoms with E-state index in [0.29, 0.717) is 0 Å². The molecule has 3 heterocycles. The van der Waals surface area contributed by atoms with Gasteiger partial charge in [-0.05, 0) is 106 Å². The van der Waals surface area contributed by atoms with Crippen LogP contribution in [0, 0.1) is 0 Å². The molecule has 7 aromatic carbocycles. The van der Waals surface area contributed by atoms with E-state index in [1.165, 1.54) is 69.4 Å². The van der Waals surface area contributed by atoms with Gasteiger partial charge in [0.25, 0.3) is 0 Å². The van der Waals surface area contributed by atoms with Crippen LogP contribution in [0.1, 0.15) is 0 Å². The molecule has 3 aromatic heterocycles. The second-order valence-corrected chi connectivity index (χ2v) is 15.6. The monoisotopic (exact) mass is 746 g/mol. The first kappa shape index (κ1) is 34.3. The van der Waals surface area contributed by atoms with E-state index >= 15 is 0 Å². The average Bonchev–Trinajstić information content (AvgIpc) is 3.92. The third-order valence-corrected chi connectivity index (χ3v) is 12.3. The number of para-hydroxylation sites is 2. The third-order valence-electron chi connectivity index (χ3n) is 11.1. The van der Waals surface area contributed by atoms with Crippen molar-refractivity contribution in [2.75, 3.05) is 4.90 Å². The lowest BCUT2D eigenvalue weighted by Gasteiger charge is -2.26. The van der Waals surface area contributed by atoms with Crippen LogP contribution in [0.5, 0.6) is 0 Å². The first-order chi connectivity index (χ1) is 28.0. The number of anilines is 2. The maximum Gasteiger partial charge on any atom is 0.0620 e. The van der Waals surface area contributed by atoms with Gasteiger partial charge in [0.15, 0.2) is 0 Å². The van der Waals surface area contributed by atoms with Gasteiger partial charge in [0.2, 0.25) is 0 Å². The minimum atomic E-state index is 0.808. The van der Waals surface area contributed by atoms with E-state index in [4.69, 9.17) is 0 Å². The summed E-state index contributed by atoms with van der Waals surface area (Å²) in [5.41, 5.74) is 12.9. The zero-order chi connectivity index (χ0) is 38.6. The van der Waals surface area contributed by atoms with Crippen LogP contribution in [0.15, 0.2) is 225 Å². The van der Waals surface area contributed by atoms with Crippen molar-refractivity contribution in [2.24, 2.45) is 0 Å². The maximum absolute atomic E-state index is 4.56. The summed E-state index contributed by atoms with van der Waals surface area (Å²) in [4.78, 5) is 2.20. The smallest absolute Gasteiger partial charge is 0.0620 e. The van der Waals surface area contributed by atoms with Crippen molar-refractivity contribution in [1.29, 1.82) is 0 Å². The van der Waals surface area contributed by atoms with Gasteiger partial charge in [-0.3, -0.25) is 0 Å². The second-order valence-electron chi connectivity index (χ2n) is 14.5. The lowest BCUT2D eigenvalue weighted by Crippen LogP contribution is -2.14. The molecule has 0 atom stereocenters. The van der Waals surface area contributed by atoms with E-state index in [-0.39, 0.29) is 0 Å². The largest absolute Gasteiger partial charge is 0.311 e. The van der Waals surface area contributed by atoms with Gasteiger partial charge in [0.05, 0.1) is 16.6 Å². The summed E-state index contributed by atoms with van der Waals surface area (Å²) in [6, 6.07) is 55.2. The summed E-state index contributed by atoms with van der Waals surface area (Å²) in [5.74, 6) is 0. The molecule has 0 saturated heterocycles. The Bertz CT molecular complexity index is 3210. The van der Waals surface area contributed by atoms with Crippen molar-refractivity contribution in [1.82, 2.24) is 4.40 Å². The molecule has 57 heavy (non-hydrogen) atoms. The van der Waals surface area contributed by atoms with Crippen molar-refractivity contribution in [3.05, 3.63) is 225 Å². The summed E-state index contributed by atoms with van der Waals surface area (Å²) in [6.07, 6.45) is 9.50. The van der Waals surface area contributed by atoms with Crippen molar-refractivity contribution in [3.63, 3.8) is 0 Å². The van der Waals surface area contributed by atoms with Gasteiger partial charge >= 0.3 is 0 Å². The number of allylic oxidation sites excluding steroid dienone is 7. The molecule has 0 bridgehead atoms. The van der Waals surface area contributed by atoms with Crippen molar-refractivity contribution in [2.45, 2.75) is 0 Å². The quantitative estimate of drug-likeness (QED) is 0.126. The molecule has 0 unspecified atom stereocenters. The highest BCUT2D eigenvalue weighted by Gasteiger charge is 2.19. The molecular formula is C54H38N2S. The fraction of sp³-hybridized carbons (Fsp3) is 0. The van der Waals surface area contributed by atoms with Crippen LogP contribution in [0.3, 0.4) is 0 Å². The topological polar surface area (TPSA) is 7.65 Å². The zero-order valence-electron chi connectivity index (χ0n) is 31.5. The Morgan fingerprint density at radius 3 is 1.61 bits per heavy atom. The first-order valence-corrected chi connectivity index (χ1v) is 19.9. The molecule has 0 saturated carbocycles. The van der Waals surface area contributed by atoms with E-state index in [0.717, 1.165) is 39.3 Å². The predicted octanol–water partition coefficient (Wildman–Crippen LogP) is 15.6. The average molecular weight is 747 g/mol. The van der Waals surface area contributed by atoms with Crippen LogP contribution in [-0.4, -0.2) is 4.40 Å². The molecule has 0 spiro atoms. The first-order valence-electron chi connectivity index (χ1n) is 19.1. The Balaban J connectivity index is 1.03. The number of thiophene rings is 1. The van der Waals surface area contributed by atoms with Crippen LogP contribution >= 0.6 is 11.3 Å². The molecule has 270 valence electrons. The highest BCUT2D eigenvalue weighted by molar-refractivity contribution is 7.25. The molecule has 0 aliphatic heterocycles. The van der Waals surface area contributed by atoms with Gasteiger partial charge in [-0.25, -0.2) is 0 Å². The van der Waals surface area contributed by atoms with Gasteiger partial charge in [-0.2, -0.15) is 0 Å². The Hall–Kier alpha value is -7.20.